The zero-order chi connectivity index (χ0) is 13.2. The number of benzene rings is 1. The molecule has 0 fully saturated rings. The summed E-state index contributed by atoms with van der Waals surface area (Å²) >= 11 is 3.44. The SMILES string of the molecule is CCOCCCNC(=O)NCc1ccccc1Br. The van der Waals surface area contributed by atoms with Crippen LogP contribution in [-0.2, 0) is 11.3 Å². The Bertz CT molecular complexity index is 372. The Labute approximate surface area is 116 Å². The summed E-state index contributed by atoms with van der Waals surface area (Å²) < 4.78 is 6.18. The van der Waals surface area contributed by atoms with E-state index >= 15 is 0 Å². The fraction of sp³-hybridized carbons (Fsp3) is 0.462. The number of hydrogen-bond acceptors (Lipinski definition) is 2. The van der Waals surface area contributed by atoms with Crippen molar-refractivity contribution in [3.63, 3.8) is 0 Å². The van der Waals surface area contributed by atoms with Crippen LogP contribution >= 0.6 is 15.9 Å². The normalized spacial score (nSPS) is 10.1. The van der Waals surface area contributed by atoms with E-state index in [4.69, 9.17) is 4.74 Å². The molecular formula is C13H19BrN2O2. The maximum Gasteiger partial charge on any atom is 0.315 e. The van der Waals surface area contributed by atoms with E-state index in [1.165, 1.54) is 0 Å². The summed E-state index contributed by atoms with van der Waals surface area (Å²) in [5, 5.41) is 5.60. The molecule has 2 N–H and O–H groups in total. The van der Waals surface area contributed by atoms with Crippen LogP contribution in [0, 0.1) is 0 Å². The molecule has 1 aromatic rings. The molecule has 0 bridgehead atoms. The summed E-state index contributed by atoms with van der Waals surface area (Å²) in [5.74, 6) is 0. The zero-order valence-electron chi connectivity index (χ0n) is 10.5. The smallest absolute Gasteiger partial charge is 0.315 e. The van der Waals surface area contributed by atoms with Crippen molar-refractivity contribution in [1.82, 2.24) is 10.6 Å². The number of ether oxygens (including phenoxy) is 1. The van der Waals surface area contributed by atoms with Gasteiger partial charge in [0.25, 0.3) is 0 Å². The monoisotopic (exact) mass is 314 g/mol. The summed E-state index contributed by atoms with van der Waals surface area (Å²) in [6.45, 7) is 4.49. The Hall–Kier alpha value is -1.07. The van der Waals surface area contributed by atoms with Gasteiger partial charge in [-0.3, -0.25) is 0 Å². The molecule has 100 valence electrons. The van der Waals surface area contributed by atoms with Gasteiger partial charge in [-0.1, -0.05) is 34.1 Å². The molecule has 0 atom stereocenters. The topological polar surface area (TPSA) is 50.4 Å². The quantitative estimate of drug-likeness (QED) is 0.760. The molecule has 0 aliphatic carbocycles. The summed E-state index contributed by atoms with van der Waals surface area (Å²) in [4.78, 5) is 11.5. The highest BCUT2D eigenvalue weighted by molar-refractivity contribution is 9.10. The standard InChI is InChI=1S/C13H19BrN2O2/c1-2-18-9-5-8-15-13(17)16-10-11-6-3-4-7-12(11)14/h3-4,6-7H,2,5,8-10H2,1H3,(H2,15,16,17). The van der Waals surface area contributed by atoms with Gasteiger partial charge in [0, 0.05) is 30.8 Å². The lowest BCUT2D eigenvalue weighted by atomic mass is 10.2. The van der Waals surface area contributed by atoms with Crippen LogP contribution in [0.25, 0.3) is 0 Å². The van der Waals surface area contributed by atoms with Crippen LogP contribution in [-0.4, -0.2) is 25.8 Å². The fourth-order valence-corrected chi connectivity index (χ4v) is 1.83. The summed E-state index contributed by atoms with van der Waals surface area (Å²) in [6.07, 6.45) is 0.830. The Morgan fingerprint density at radius 1 is 1.33 bits per heavy atom. The molecule has 0 spiro atoms. The number of nitrogens with one attached hydrogen (secondary N) is 2. The van der Waals surface area contributed by atoms with Crippen molar-refractivity contribution in [2.75, 3.05) is 19.8 Å². The Balaban J connectivity index is 2.15. The highest BCUT2D eigenvalue weighted by Gasteiger charge is 2.02. The van der Waals surface area contributed by atoms with E-state index in [2.05, 4.69) is 26.6 Å². The third kappa shape index (κ3) is 6.02. The minimum absolute atomic E-state index is 0.151. The first-order chi connectivity index (χ1) is 8.74. The number of urea groups is 1. The fourth-order valence-electron chi connectivity index (χ4n) is 1.40. The van der Waals surface area contributed by atoms with E-state index in [0.717, 1.165) is 16.5 Å². The number of amides is 2. The first-order valence-corrected chi connectivity index (χ1v) is 6.86. The van der Waals surface area contributed by atoms with Crippen molar-refractivity contribution in [2.24, 2.45) is 0 Å². The number of carbonyl (C=O) groups is 1. The predicted octanol–water partition coefficient (Wildman–Crippen LogP) is 2.67. The molecule has 5 heteroatoms. The summed E-state index contributed by atoms with van der Waals surface area (Å²) in [6, 6.07) is 7.67. The van der Waals surface area contributed by atoms with Crippen LogP contribution in [0.3, 0.4) is 0 Å². The molecule has 0 aliphatic heterocycles. The van der Waals surface area contributed by atoms with Crippen molar-refractivity contribution in [2.45, 2.75) is 19.9 Å². The van der Waals surface area contributed by atoms with Crippen LogP contribution in [0.1, 0.15) is 18.9 Å². The molecule has 0 heterocycles. The molecule has 0 aromatic heterocycles. The number of hydrogen-bond donors (Lipinski definition) is 2. The molecule has 1 rings (SSSR count). The largest absolute Gasteiger partial charge is 0.382 e. The minimum atomic E-state index is -0.151. The molecular weight excluding hydrogens is 296 g/mol. The van der Waals surface area contributed by atoms with Crippen molar-refractivity contribution >= 4 is 22.0 Å². The molecule has 2 amide bonds. The van der Waals surface area contributed by atoms with Gasteiger partial charge < -0.3 is 15.4 Å². The summed E-state index contributed by atoms with van der Waals surface area (Å²) in [7, 11) is 0. The lowest BCUT2D eigenvalue weighted by molar-refractivity contribution is 0.145. The number of halogens is 1. The van der Waals surface area contributed by atoms with Gasteiger partial charge in [0.2, 0.25) is 0 Å². The van der Waals surface area contributed by atoms with E-state index in [1.807, 2.05) is 31.2 Å². The van der Waals surface area contributed by atoms with Crippen molar-refractivity contribution in [3.05, 3.63) is 34.3 Å². The molecule has 18 heavy (non-hydrogen) atoms. The van der Waals surface area contributed by atoms with Crippen LogP contribution in [0.4, 0.5) is 4.79 Å². The van der Waals surface area contributed by atoms with Gasteiger partial charge in [-0.25, -0.2) is 4.79 Å². The average molecular weight is 315 g/mol. The Kier molecular flexibility index (Phi) is 7.44. The molecule has 4 nitrogen and oxygen atoms in total. The van der Waals surface area contributed by atoms with Crippen LogP contribution in [0.2, 0.25) is 0 Å². The predicted molar refractivity (Wildman–Crippen MR) is 75.5 cm³/mol. The van der Waals surface area contributed by atoms with Gasteiger partial charge in [0.05, 0.1) is 0 Å². The first kappa shape index (κ1) is 15.0. The van der Waals surface area contributed by atoms with Gasteiger partial charge >= 0.3 is 6.03 Å². The van der Waals surface area contributed by atoms with Crippen LogP contribution < -0.4 is 10.6 Å². The minimum Gasteiger partial charge on any atom is -0.382 e. The molecule has 0 unspecified atom stereocenters. The van der Waals surface area contributed by atoms with Crippen LogP contribution in [0.15, 0.2) is 28.7 Å². The maximum atomic E-state index is 11.5. The van der Waals surface area contributed by atoms with E-state index in [9.17, 15) is 4.79 Å². The molecule has 0 saturated carbocycles. The lowest BCUT2D eigenvalue weighted by Gasteiger charge is -2.08. The lowest BCUT2D eigenvalue weighted by Crippen LogP contribution is -2.35. The van der Waals surface area contributed by atoms with Crippen molar-refractivity contribution < 1.29 is 9.53 Å². The maximum absolute atomic E-state index is 11.5. The van der Waals surface area contributed by atoms with Gasteiger partial charge in [-0.2, -0.15) is 0 Å². The highest BCUT2D eigenvalue weighted by Crippen LogP contribution is 2.15. The number of rotatable bonds is 7. The Morgan fingerprint density at radius 3 is 2.83 bits per heavy atom. The van der Waals surface area contributed by atoms with E-state index in [0.29, 0.717) is 26.3 Å². The third-order valence-corrected chi connectivity index (χ3v) is 3.13. The van der Waals surface area contributed by atoms with Crippen molar-refractivity contribution in [3.8, 4) is 0 Å². The average Bonchev–Trinajstić information content (AvgIpc) is 2.37. The van der Waals surface area contributed by atoms with Gasteiger partial charge in [-0.05, 0) is 25.0 Å². The van der Waals surface area contributed by atoms with E-state index in [1.54, 1.807) is 0 Å². The van der Waals surface area contributed by atoms with Gasteiger partial charge in [0.15, 0.2) is 0 Å². The van der Waals surface area contributed by atoms with Gasteiger partial charge in [0.1, 0.15) is 0 Å². The molecule has 0 aliphatic rings. The third-order valence-electron chi connectivity index (χ3n) is 2.35. The summed E-state index contributed by atoms with van der Waals surface area (Å²) in [5.41, 5.74) is 1.06. The first-order valence-electron chi connectivity index (χ1n) is 6.07. The second kappa shape index (κ2) is 8.94. The highest BCUT2D eigenvalue weighted by atomic mass is 79.9. The molecule has 0 radical (unpaired) electrons. The second-order valence-electron chi connectivity index (χ2n) is 3.75. The molecule has 1 aromatic carbocycles. The van der Waals surface area contributed by atoms with E-state index in [-0.39, 0.29) is 6.03 Å². The zero-order valence-corrected chi connectivity index (χ0v) is 12.1. The second-order valence-corrected chi connectivity index (χ2v) is 4.61. The number of carbonyl (C=O) groups excluding carboxylic acids is 1. The van der Waals surface area contributed by atoms with Gasteiger partial charge in [-0.15, -0.1) is 0 Å². The molecule has 0 saturated heterocycles. The van der Waals surface area contributed by atoms with Crippen molar-refractivity contribution in [1.29, 1.82) is 0 Å². The van der Waals surface area contributed by atoms with E-state index < -0.39 is 0 Å². The van der Waals surface area contributed by atoms with Crippen LogP contribution in [0.5, 0.6) is 0 Å². The Morgan fingerprint density at radius 2 is 2.11 bits per heavy atom.